The van der Waals surface area contributed by atoms with Crippen LogP contribution in [0.4, 0.5) is 0 Å². The first-order valence-corrected chi connectivity index (χ1v) is 6.43. The molecule has 1 aliphatic heterocycles. The molecule has 15 heavy (non-hydrogen) atoms. The normalized spacial score (nSPS) is 23.9. The van der Waals surface area contributed by atoms with E-state index in [-0.39, 0.29) is 6.04 Å². The Hall–Kier alpha value is -0.660. The fourth-order valence-electron chi connectivity index (χ4n) is 1.68. The largest absolute Gasteiger partial charge is 0.480 e. The second-order valence-electron chi connectivity index (χ2n) is 3.64. The Kier molecular flexibility index (Phi) is 4.06. The average molecular weight is 236 g/mol. The SMILES string of the molecule is CNC1CCCN(S(=O)(=O)CC(=O)O)C1. The summed E-state index contributed by atoms with van der Waals surface area (Å²) in [4.78, 5) is 10.4. The van der Waals surface area contributed by atoms with Crippen LogP contribution in [0.3, 0.4) is 0 Å². The minimum absolute atomic E-state index is 0.127. The van der Waals surface area contributed by atoms with E-state index >= 15 is 0 Å². The van der Waals surface area contributed by atoms with Gasteiger partial charge in [0.2, 0.25) is 10.0 Å². The van der Waals surface area contributed by atoms with Crippen LogP contribution in [0.1, 0.15) is 12.8 Å². The number of rotatable bonds is 4. The van der Waals surface area contributed by atoms with E-state index in [1.165, 1.54) is 4.31 Å². The zero-order valence-corrected chi connectivity index (χ0v) is 9.46. The molecule has 0 bridgehead atoms. The second kappa shape index (κ2) is 4.91. The van der Waals surface area contributed by atoms with E-state index in [4.69, 9.17) is 5.11 Å². The van der Waals surface area contributed by atoms with Crippen molar-refractivity contribution in [1.29, 1.82) is 0 Å². The molecule has 0 aromatic rings. The molecule has 0 saturated carbocycles. The maximum absolute atomic E-state index is 11.6. The van der Waals surface area contributed by atoms with Crippen LogP contribution in [-0.2, 0) is 14.8 Å². The molecule has 1 unspecified atom stereocenters. The van der Waals surface area contributed by atoms with Gasteiger partial charge < -0.3 is 10.4 Å². The molecule has 0 aromatic heterocycles. The van der Waals surface area contributed by atoms with Gasteiger partial charge in [-0.25, -0.2) is 8.42 Å². The molecule has 1 heterocycles. The number of carboxylic acids is 1. The summed E-state index contributed by atoms with van der Waals surface area (Å²) in [6.07, 6.45) is 1.69. The number of hydrogen-bond donors (Lipinski definition) is 2. The fourth-order valence-corrected chi connectivity index (χ4v) is 2.99. The Morgan fingerprint density at radius 3 is 2.80 bits per heavy atom. The zero-order valence-electron chi connectivity index (χ0n) is 8.64. The van der Waals surface area contributed by atoms with Crippen molar-refractivity contribution in [2.24, 2.45) is 0 Å². The Labute approximate surface area is 89.3 Å². The molecular weight excluding hydrogens is 220 g/mol. The predicted octanol–water partition coefficient (Wildman–Crippen LogP) is -0.915. The third-order valence-electron chi connectivity index (χ3n) is 2.49. The number of hydrogen-bond acceptors (Lipinski definition) is 4. The third kappa shape index (κ3) is 3.44. The lowest BCUT2D eigenvalue weighted by Gasteiger charge is -2.31. The summed E-state index contributed by atoms with van der Waals surface area (Å²) < 4.78 is 24.4. The average Bonchev–Trinajstić information content (AvgIpc) is 2.16. The maximum Gasteiger partial charge on any atom is 0.320 e. The first kappa shape index (κ1) is 12.4. The van der Waals surface area contributed by atoms with Crippen molar-refractivity contribution in [3.8, 4) is 0 Å². The zero-order chi connectivity index (χ0) is 11.5. The molecular formula is C8H16N2O4S. The van der Waals surface area contributed by atoms with Crippen LogP contribution in [0.5, 0.6) is 0 Å². The van der Waals surface area contributed by atoms with E-state index < -0.39 is 21.7 Å². The van der Waals surface area contributed by atoms with E-state index in [1.54, 1.807) is 7.05 Å². The summed E-state index contributed by atoms with van der Waals surface area (Å²) in [5.74, 6) is -2.12. The summed E-state index contributed by atoms with van der Waals surface area (Å²) in [5.41, 5.74) is 0. The van der Waals surface area contributed by atoms with E-state index in [9.17, 15) is 13.2 Å². The highest BCUT2D eigenvalue weighted by atomic mass is 32.2. The lowest BCUT2D eigenvalue weighted by molar-refractivity contribution is -0.134. The smallest absolute Gasteiger partial charge is 0.320 e. The van der Waals surface area contributed by atoms with Gasteiger partial charge in [0.25, 0.3) is 0 Å². The molecule has 1 rings (SSSR count). The van der Waals surface area contributed by atoms with Crippen LogP contribution in [0.15, 0.2) is 0 Å². The molecule has 1 fully saturated rings. The quantitative estimate of drug-likeness (QED) is 0.659. The minimum Gasteiger partial charge on any atom is -0.480 e. The van der Waals surface area contributed by atoms with Crippen LogP contribution < -0.4 is 5.32 Å². The Balaban J connectivity index is 2.66. The van der Waals surface area contributed by atoms with Gasteiger partial charge in [-0.1, -0.05) is 0 Å². The minimum atomic E-state index is -3.63. The predicted molar refractivity (Wildman–Crippen MR) is 55.1 cm³/mol. The molecule has 1 atom stereocenters. The number of likely N-dealkylation sites (N-methyl/N-ethyl adjacent to an activating group) is 1. The van der Waals surface area contributed by atoms with Gasteiger partial charge in [0, 0.05) is 19.1 Å². The van der Waals surface area contributed by atoms with Crippen molar-refractivity contribution in [3.63, 3.8) is 0 Å². The van der Waals surface area contributed by atoms with E-state index in [2.05, 4.69) is 5.32 Å². The maximum atomic E-state index is 11.6. The standard InChI is InChI=1S/C8H16N2O4S/c1-9-7-3-2-4-10(5-7)15(13,14)6-8(11)12/h7,9H,2-6H2,1H3,(H,11,12). The van der Waals surface area contributed by atoms with Gasteiger partial charge in [-0.05, 0) is 19.9 Å². The highest BCUT2D eigenvalue weighted by molar-refractivity contribution is 7.89. The van der Waals surface area contributed by atoms with Crippen LogP contribution >= 0.6 is 0 Å². The number of sulfonamides is 1. The van der Waals surface area contributed by atoms with Gasteiger partial charge in [0.05, 0.1) is 0 Å². The lowest BCUT2D eigenvalue weighted by Crippen LogP contribution is -2.48. The Morgan fingerprint density at radius 1 is 1.60 bits per heavy atom. The van der Waals surface area contributed by atoms with Crippen molar-refractivity contribution in [1.82, 2.24) is 9.62 Å². The number of carboxylic acid groups (broad SMARTS) is 1. The molecule has 0 radical (unpaired) electrons. The van der Waals surface area contributed by atoms with Crippen molar-refractivity contribution in [2.75, 3.05) is 25.9 Å². The van der Waals surface area contributed by atoms with Crippen LogP contribution in [-0.4, -0.2) is 55.7 Å². The van der Waals surface area contributed by atoms with E-state index in [1.807, 2.05) is 0 Å². The molecule has 0 aromatic carbocycles. The van der Waals surface area contributed by atoms with Gasteiger partial charge in [-0.15, -0.1) is 0 Å². The highest BCUT2D eigenvalue weighted by Gasteiger charge is 2.29. The summed E-state index contributed by atoms with van der Waals surface area (Å²) in [5, 5.41) is 11.5. The van der Waals surface area contributed by atoms with Crippen molar-refractivity contribution in [2.45, 2.75) is 18.9 Å². The molecule has 1 saturated heterocycles. The summed E-state index contributed by atoms with van der Waals surface area (Å²) in [7, 11) is -1.86. The number of nitrogens with one attached hydrogen (secondary N) is 1. The molecule has 7 heteroatoms. The molecule has 6 nitrogen and oxygen atoms in total. The third-order valence-corrected chi connectivity index (χ3v) is 4.22. The molecule has 2 N–H and O–H groups in total. The molecule has 1 aliphatic rings. The van der Waals surface area contributed by atoms with E-state index in [0.29, 0.717) is 13.1 Å². The second-order valence-corrected chi connectivity index (χ2v) is 5.60. The molecule has 0 amide bonds. The van der Waals surface area contributed by atoms with Gasteiger partial charge >= 0.3 is 5.97 Å². The molecule has 0 aliphatic carbocycles. The monoisotopic (exact) mass is 236 g/mol. The first-order valence-electron chi connectivity index (χ1n) is 4.82. The number of piperidine rings is 1. The van der Waals surface area contributed by atoms with Crippen molar-refractivity contribution >= 4 is 16.0 Å². The van der Waals surface area contributed by atoms with Gasteiger partial charge in [0.1, 0.15) is 0 Å². The Morgan fingerprint density at radius 2 is 2.27 bits per heavy atom. The summed E-state index contributed by atoms with van der Waals surface area (Å²) >= 11 is 0. The first-order chi connectivity index (χ1) is 6.95. The number of carbonyl (C=O) groups is 1. The van der Waals surface area contributed by atoms with E-state index in [0.717, 1.165) is 12.8 Å². The summed E-state index contributed by atoms with van der Waals surface area (Å²) in [6.45, 7) is 0.792. The van der Waals surface area contributed by atoms with Crippen LogP contribution in [0.2, 0.25) is 0 Å². The lowest BCUT2D eigenvalue weighted by atomic mass is 10.1. The number of aliphatic carboxylic acids is 1. The Bertz CT molecular complexity index is 328. The van der Waals surface area contributed by atoms with Crippen molar-refractivity contribution < 1.29 is 18.3 Å². The van der Waals surface area contributed by atoms with Gasteiger partial charge in [0.15, 0.2) is 5.75 Å². The molecule has 88 valence electrons. The fraction of sp³-hybridized carbons (Fsp3) is 0.875. The van der Waals surface area contributed by atoms with Gasteiger partial charge in [-0.3, -0.25) is 4.79 Å². The summed E-state index contributed by atoms with van der Waals surface area (Å²) in [6, 6.07) is 0.127. The molecule has 0 spiro atoms. The number of nitrogens with zero attached hydrogens (tertiary/aromatic N) is 1. The van der Waals surface area contributed by atoms with Crippen molar-refractivity contribution in [3.05, 3.63) is 0 Å². The highest BCUT2D eigenvalue weighted by Crippen LogP contribution is 2.13. The van der Waals surface area contributed by atoms with Crippen LogP contribution in [0.25, 0.3) is 0 Å². The van der Waals surface area contributed by atoms with Crippen LogP contribution in [0, 0.1) is 0 Å². The topological polar surface area (TPSA) is 86.7 Å². The van der Waals surface area contributed by atoms with Gasteiger partial charge in [-0.2, -0.15) is 4.31 Å².